The fraction of sp³-hybridized carbons (Fsp3) is 0.333. The number of carbonyl (C=O) groups excluding carboxylic acids is 1. The molecule has 0 saturated carbocycles. The molecule has 0 bridgehead atoms. The van der Waals surface area contributed by atoms with Crippen LogP contribution < -0.4 is 0 Å². The molecule has 0 fully saturated rings. The molecule has 0 atom stereocenters. The number of nitrogens with zero attached hydrogens (tertiary/aromatic N) is 3. The molecule has 0 aliphatic rings. The van der Waals surface area contributed by atoms with Crippen molar-refractivity contribution in [2.24, 2.45) is 13.0 Å². The molecule has 0 aliphatic carbocycles. The first-order valence-corrected chi connectivity index (χ1v) is 9.49. The number of rotatable bonds is 6. The van der Waals surface area contributed by atoms with Crippen molar-refractivity contribution in [1.29, 1.82) is 0 Å². The fourth-order valence-corrected chi connectivity index (χ4v) is 3.19. The highest BCUT2D eigenvalue weighted by Gasteiger charge is 2.22. The number of aryl methyl sites for hydroxylation is 1. The number of carbonyl (C=O) groups is 1. The molecule has 1 aromatic heterocycles. The fourth-order valence-electron chi connectivity index (χ4n) is 3.02. The molecule has 28 heavy (non-hydrogen) atoms. The topological polar surface area (TPSA) is 38.1 Å². The second-order valence-corrected chi connectivity index (χ2v) is 7.69. The summed E-state index contributed by atoms with van der Waals surface area (Å²) in [7, 11) is 1.84. The van der Waals surface area contributed by atoms with E-state index < -0.39 is 17.5 Å². The minimum Gasteiger partial charge on any atom is -0.331 e. The summed E-state index contributed by atoms with van der Waals surface area (Å²) in [6.45, 7) is 4.69. The Bertz CT molecular complexity index is 1020. The Kier molecular flexibility index (Phi) is 5.98. The molecule has 0 aliphatic heterocycles. The van der Waals surface area contributed by atoms with Gasteiger partial charge in [-0.05, 0) is 48.7 Å². The number of hydrogen-bond donors (Lipinski definition) is 0. The van der Waals surface area contributed by atoms with Gasteiger partial charge in [0.1, 0.15) is 17.5 Å². The summed E-state index contributed by atoms with van der Waals surface area (Å²) in [6, 6.07) is 8.28. The second kappa shape index (κ2) is 8.27. The number of halogens is 3. The van der Waals surface area contributed by atoms with Crippen LogP contribution in [-0.2, 0) is 13.6 Å². The molecule has 148 valence electrons. The molecule has 1 amide bonds. The van der Waals surface area contributed by atoms with E-state index in [1.807, 2.05) is 31.5 Å². The predicted molar refractivity (Wildman–Crippen MR) is 106 cm³/mol. The van der Waals surface area contributed by atoms with Gasteiger partial charge in [-0.2, -0.15) is 0 Å². The van der Waals surface area contributed by atoms with Crippen molar-refractivity contribution in [3.63, 3.8) is 0 Å². The quantitative estimate of drug-likeness (QED) is 0.565. The van der Waals surface area contributed by atoms with Crippen LogP contribution in [0.15, 0.2) is 36.4 Å². The average Bonchev–Trinajstić information content (AvgIpc) is 2.95. The van der Waals surface area contributed by atoms with Crippen molar-refractivity contribution in [2.45, 2.75) is 26.8 Å². The third-order valence-electron chi connectivity index (χ3n) is 4.69. The van der Waals surface area contributed by atoms with E-state index in [0.29, 0.717) is 23.3 Å². The van der Waals surface area contributed by atoms with Crippen LogP contribution in [0.1, 0.15) is 36.5 Å². The molecule has 7 heteroatoms. The molecule has 0 radical (unpaired) electrons. The van der Waals surface area contributed by atoms with Gasteiger partial charge < -0.3 is 9.47 Å². The monoisotopic (exact) mass is 405 g/mol. The zero-order valence-electron chi connectivity index (χ0n) is 16.0. The number of amides is 1. The molecule has 0 unspecified atom stereocenters. The number of fused-ring (bicyclic) bond motifs is 1. The molecule has 0 saturated heterocycles. The van der Waals surface area contributed by atoms with Gasteiger partial charge in [0.25, 0.3) is 5.91 Å². The van der Waals surface area contributed by atoms with Gasteiger partial charge in [0.2, 0.25) is 0 Å². The van der Waals surface area contributed by atoms with Crippen molar-refractivity contribution in [2.75, 3.05) is 6.54 Å². The van der Waals surface area contributed by atoms with Crippen molar-refractivity contribution >= 4 is 28.5 Å². The van der Waals surface area contributed by atoms with Crippen LogP contribution in [0.2, 0.25) is 5.02 Å². The lowest BCUT2D eigenvalue weighted by atomic mass is 10.1. The summed E-state index contributed by atoms with van der Waals surface area (Å²) in [6.07, 6.45) is 0.735. The lowest BCUT2D eigenvalue weighted by molar-refractivity contribution is 0.0724. The van der Waals surface area contributed by atoms with Gasteiger partial charge in [-0.1, -0.05) is 25.4 Å². The van der Waals surface area contributed by atoms with Gasteiger partial charge in [0, 0.05) is 18.6 Å². The highest BCUT2D eigenvalue weighted by atomic mass is 35.5. The van der Waals surface area contributed by atoms with Gasteiger partial charge in [-0.3, -0.25) is 4.79 Å². The zero-order valence-corrected chi connectivity index (χ0v) is 16.8. The van der Waals surface area contributed by atoms with E-state index >= 15 is 0 Å². The SMILES string of the molecule is CC(C)CCN(Cc1nc2ccc(Cl)cc2n1C)C(=O)c1cc(F)ccc1F. The van der Waals surface area contributed by atoms with E-state index in [2.05, 4.69) is 4.98 Å². The first kappa shape index (κ1) is 20.3. The van der Waals surface area contributed by atoms with Crippen LogP contribution in [0.3, 0.4) is 0 Å². The normalized spacial score (nSPS) is 11.4. The summed E-state index contributed by atoms with van der Waals surface area (Å²) in [5.74, 6) is -0.940. The van der Waals surface area contributed by atoms with E-state index in [-0.39, 0.29) is 12.1 Å². The Morgan fingerprint density at radius 1 is 1.21 bits per heavy atom. The van der Waals surface area contributed by atoms with Gasteiger partial charge in [-0.25, -0.2) is 13.8 Å². The maximum Gasteiger partial charge on any atom is 0.257 e. The zero-order chi connectivity index (χ0) is 20.4. The van der Waals surface area contributed by atoms with E-state index in [0.717, 1.165) is 35.7 Å². The van der Waals surface area contributed by atoms with Gasteiger partial charge in [-0.15, -0.1) is 0 Å². The maximum atomic E-state index is 14.2. The Hall–Kier alpha value is -2.47. The lowest BCUT2D eigenvalue weighted by Crippen LogP contribution is -2.33. The van der Waals surface area contributed by atoms with E-state index in [1.54, 1.807) is 12.1 Å². The average molecular weight is 406 g/mol. The molecular weight excluding hydrogens is 384 g/mol. The Balaban J connectivity index is 1.95. The highest BCUT2D eigenvalue weighted by Crippen LogP contribution is 2.22. The number of imidazole rings is 1. The Labute approximate surface area is 167 Å². The van der Waals surface area contributed by atoms with E-state index in [9.17, 15) is 13.6 Å². The third kappa shape index (κ3) is 4.33. The number of benzene rings is 2. The Morgan fingerprint density at radius 2 is 1.96 bits per heavy atom. The minimum absolute atomic E-state index is 0.185. The molecule has 0 N–H and O–H groups in total. The summed E-state index contributed by atoms with van der Waals surface area (Å²) < 4.78 is 29.6. The van der Waals surface area contributed by atoms with E-state index in [1.165, 1.54) is 4.90 Å². The van der Waals surface area contributed by atoms with Gasteiger partial charge >= 0.3 is 0 Å². The predicted octanol–water partition coefficient (Wildman–Crippen LogP) is 5.19. The van der Waals surface area contributed by atoms with E-state index in [4.69, 9.17) is 11.6 Å². The first-order valence-electron chi connectivity index (χ1n) is 9.11. The second-order valence-electron chi connectivity index (χ2n) is 7.25. The third-order valence-corrected chi connectivity index (χ3v) is 4.93. The summed E-state index contributed by atoms with van der Waals surface area (Å²) >= 11 is 6.07. The Morgan fingerprint density at radius 3 is 2.68 bits per heavy atom. The van der Waals surface area contributed by atoms with Crippen LogP contribution in [0.4, 0.5) is 8.78 Å². The minimum atomic E-state index is -0.738. The van der Waals surface area contributed by atoms with Crippen LogP contribution in [0.5, 0.6) is 0 Å². The molecule has 2 aromatic carbocycles. The van der Waals surface area contributed by atoms with Crippen molar-refractivity contribution in [3.05, 3.63) is 64.4 Å². The van der Waals surface area contributed by atoms with Crippen LogP contribution in [-0.4, -0.2) is 26.9 Å². The van der Waals surface area contributed by atoms with Crippen LogP contribution in [0.25, 0.3) is 11.0 Å². The highest BCUT2D eigenvalue weighted by molar-refractivity contribution is 6.31. The van der Waals surface area contributed by atoms with Crippen molar-refractivity contribution in [1.82, 2.24) is 14.5 Å². The maximum absolute atomic E-state index is 14.2. The summed E-state index contributed by atoms with van der Waals surface area (Å²) in [5, 5.41) is 0.594. The lowest BCUT2D eigenvalue weighted by Gasteiger charge is -2.23. The molecule has 4 nitrogen and oxygen atoms in total. The number of aromatic nitrogens is 2. The largest absolute Gasteiger partial charge is 0.331 e. The van der Waals surface area contributed by atoms with Gasteiger partial charge in [0.15, 0.2) is 0 Å². The molecule has 1 heterocycles. The molecular formula is C21H22ClF2N3O. The summed E-state index contributed by atoms with van der Waals surface area (Å²) in [4.78, 5) is 19.1. The smallest absolute Gasteiger partial charge is 0.257 e. The van der Waals surface area contributed by atoms with Crippen LogP contribution in [0, 0.1) is 17.6 Å². The van der Waals surface area contributed by atoms with Crippen LogP contribution >= 0.6 is 11.6 Å². The van der Waals surface area contributed by atoms with Crippen molar-refractivity contribution < 1.29 is 13.6 Å². The molecule has 3 aromatic rings. The number of hydrogen-bond acceptors (Lipinski definition) is 2. The van der Waals surface area contributed by atoms with Gasteiger partial charge in [0.05, 0.1) is 23.1 Å². The molecule has 0 spiro atoms. The first-order chi connectivity index (χ1) is 13.3. The standard InChI is InChI=1S/C21H22ClF2N3O/c1-13(2)8-9-27(21(28)16-11-15(23)5-6-17(16)24)12-20-25-18-7-4-14(22)10-19(18)26(20)3/h4-7,10-11,13H,8-9,12H2,1-3H3. The molecule has 3 rings (SSSR count). The summed E-state index contributed by atoms with van der Waals surface area (Å²) in [5.41, 5.74) is 1.33. The van der Waals surface area contributed by atoms with Crippen molar-refractivity contribution in [3.8, 4) is 0 Å².